The number of halogens is 3. The first-order chi connectivity index (χ1) is 6.42. The zero-order valence-corrected chi connectivity index (χ0v) is 7.51. The normalized spacial score (nSPS) is 16.0. The van der Waals surface area contributed by atoms with E-state index in [0.29, 0.717) is 0 Å². The molecule has 0 bridgehead atoms. The van der Waals surface area contributed by atoms with Crippen LogP contribution in [0.25, 0.3) is 0 Å². The molecule has 0 heterocycles. The predicted molar refractivity (Wildman–Crippen MR) is 45.9 cm³/mol. The predicted octanol–water partition coefficient (Wildman–Crippen LogP) is 2.71. The topological polar surface area (TPSA) is 17.1 Å². The van der Waals surface area contributed by atoms with Crippen LogP contribution in [0.1, 0.15) is 12.5 Å². The van der Waals surface area contributed by atoms with Crippen LogP contribution >= 0.6 is 0 Å². The van der Waals surface area contributed by atoms with Crippen LogP contribution in [-0.4, -0.2) is 12.5 Å². The highest BCUT2D eigenvalue weighted by Crippen LogP contribution is 2.38. The number of aldehydes is 1. The Morgan fingerprint density at radius 3 is 2.00 bits per heavy atom. The Balaban J connectivity index is 3.22. The maximum atomic E-state index is 12.6. The summed E-state index contributed by atoms with van der Waals surface area (Å²) in [5.74, 6) is 0. The molecular weight excluding hydrogens is 193 g/mol. The van der Waals surface area contributed by atoms with Gasteiger partial charge in [-0.25, -0.2) is 0 Å². The molecule has 76 valence electrons. The molecule has 1 aromatic rings. The molecule has 0 aliphatic rings. The highest BCUT2D eigenvalue weighted by Gasteiger charge is 2.52. The van der Waals surface area contributed by atoms with Gasteiger partial charge in [0.05, 0.1) is 0 Å². The standard InChI is InChI=1S/C10H9F3O/c1-9(7-14,10(11,12)13)8-5-3-2-4-6-8/h2-7H,1H3. The Hall–Kier alpha value is -1.32. The molecule has 0 aliphatic heterocycles. The van der Waals surface area contributed by atoms with E-state index in [9.17, 15) is 18.0 Å². The Kier molecular flexibility index (Phi) is 2.64. The van der Waals surface area contributed by atoms with Crippen molar-refractivity contribution in [3.05, 3.63) is 35.9 Å². The smallest absolute Gasteiger partial charge is 0.302 e. The minimum atomic E-state index is -4.56. The number of carbonyl (C=O) groups excluding carboxylic acids is 1. The molecule has 1 atom stereocenters. The van der Waals surface area contributed by atoms with Crippen LogP contribution in [0.4, 0.5) is 13.2 Å². The molecule has 0 aliphatic carbocycles. The first-order valence-corrected chi connectivity index (χ1v) is 4.00. The van der Waals surface area contributed by atoms with E-state index < -0.39 is 11.6 Å². The molecule has 0 N–H and O–H groups in total. The highest BCUT2D eigenvalue weighted by atomic mass is 19.4. The van der Waals surface area contributed by atoms with Gasteiger partial charge in [0.2, 0.25) is 0 Å². The molecular formula is C10H9F3O. The lowest BCUT2D eigenvalue weighted by molar-refractivity contribution is -0.183. The van der Waals surface area contributed by atoms with Gasteiger partial charge in [0.1, 0.15) is 11.7 Å². The summed E-state index contributed by atoms with van der Waals surface area (Å²) in [5, 5.41) is 0. The van der Waals surface area contributed by atoms with Crippen LogP contribution in [0.5, 0.6) is 0 Å². The van der Waals surface area contributed by atoms with Gasteiger partial charge in [0.25, 0.3) is 0 Å². The first-order valence-electron chi connectivity index (χ1n) is 4.00. The van der Waals surface area contributed by atoms with Gasteiger partial charge in [-0.3, -0.25) is 0 Å². The molecule has 0 saturated carbocycles. The van der Waals surface area contributed by atoms with Crippen LogP contribution in [0.3, 0.4) is 0 Å². The van der Waals surface area contributed by atoms with Gasteiger partial charge in [0.15, 0.2) is 0 Å². The van der Waals surface area contributed by atoms with Crippen LogP contribution in [0, 0.1) is 0 Å². The molecule has 0 amide bonds. The molecule has 1 rings (SSSR count). The van der Waals surface area contributed by atoms with E-state index >= 15 is 0 Å². The van der Waals surface area contributed by atoms with Gasteiger partial charge in [-0.2, -0.15) is 13.2 Å². The van der Waals surface area contributed by atoms with Crippen molar-refractivity contribution in [3.8, 4) is 0 Å². The summed E-state index contributed by atoms with van der Waals surface area (Å²) in [6, 6.07) is 7.14. The molecule has 1 aromatic carbocycles. The summed E-state index contributed by atoms with van der Waals surface area (Å²) in [4.78, 5) is 10.6. The average molecular weight is 202 g/mol. The van der Waals surface area contributed by atoms with Crippen LogP contribution in [0.15, 0.2) is 30.3 Å². The van der Waals surface area contributed by atoms with Crippen LogP contribution in [0.2, 0.25) is 0 Å². The second-order valence-corrected chi connectivity index (χ2v) is 3.18. The third-order valence-corrected chi connectivity index (χ3v) is 2.20. The van der Waals surface area contributed by atoms with E-state index in [-0.39, 0.29) is 11.8 Å². The second kappa shape index (κ2) is 3.44. The summed E-state index contributed by atoms with van der Waals surface area (Å²) in [5.41, 5.74) is -2.45. The molecule has 14 heavy (non-hydrogen) atoms. The number of alkyl halides is 3. The van der Waals surface area contributed by atoms with Crippen molar-refractivity contribution in [1.29, 1.82) is 0 Å². The largest absolute Gasteiger partial charge is 0.404 e. The van der Waals surface area contributed by atoms with E-state index in [1.54, 1.807) is 6.07 Å². The number of rotatable bonds is 2. The van der Waals surface area contributed by atoms with Crippen LogP contribution < -0.4 is 0 Å². The van der Waals surface area contributed by atoms with Gasteiger partial charge < -0.3 is 4.79 Å². The monoisotopic (exact) mass is 202 g/mol. The molecule has 0 radical (unpaired) electrons. The van der Waals surface area contributed by atoms with Crippen molar-refractivity contribution in [1.82, 2.24) is 0 Å². The van der Waals surface area contributed by atoms with E-state index in [1.165, 1.54) is 24.3 Å². The van der Waals surface area contributed by atoms with Crippen molar-refractivity contribution in [2.75, 3.05) is 0 Å². The summed E-state index contributed by atoms with van der Waals surface area (Å²) in [6.07, 6.45) is -4.63. The Morgan fingerprint density at radius 2 is 1.64 bits per heavy atom. The van der Waals surface area contributed by atoms with Crippen molar-refractivity contribution in [2.24, 2.45) is 0 Å². The molecule has 0 aromatic heterocycles. The molecule has 0 saturated heterocycles. The van der Waals surface area contributed by atoms with E-state index in [0.717, 1.165) is 6.92 Å². The van der Waals surface area contributed by atoms with Gasteiger partial charge in [0, 0.05) is 0 Å². The summed E-state index contributed by atoms with van der Waals surface area (Å²) in [6.45, 7) is 0.870. The average Bonchev–Trinajstić information content (AvgIpc) is 2.16. The Bertz CT molecular complexity index is 318. The fourth-order valence-corrected chi connectivity index (χ4v) is 1.08. The van der Waals surface area contributed by atoms with Crippen molar-refractivity contribution < 1.29 is 18.0 Å². The SMILES string of the molecule is CC(C=O)(c1ccccc1)C(F)(F)F. The zero-order valence-electron chi connectivity index (χ0n) is 7.51. The molecule has 4 heteroatoms. The van der Waals surface area contributed by atoms with Gasteiger partial charge in [-0.1, -0.05) is 30.3 Å². The molecule has 1 nitrogen and oxygen atoms in total. The lowest BCUT2D eigenvalue weighted by Gasteiger charge is -2.26. The van der Waals surface area contributed by atoms with Crippen molar-refractivity contribution in [3.63, 3.8) is 0 Å². The minimum Gasteiger partial charge on any atom is -0.302 e. The fourth-order valence-electron chi connectivity index (χ4n) is 1.08. The van der Waals surface area contributed by atoms with Gasteiger partial charge in [-0.05, 0) is 12.5 Å². The fraction of sp³-hybridized carbons (Fsp3) is 0.300. The third-order valence-electron chi connectivity index (χ3n) is 2.20. The Morgan fingerprint density at radius 1 is 1.14 bits per heavy atom. The lowest BCUT2D eigenvalue weighted by atomic mass is 9.83. The zero-order chi connectivity index (χ0) is 10.8. The van der Waals surface area contributed by atoms with Gasteiger partial charge >= 0.3 is 6.18 Å². The molecule has 0 spiro atoms. The molecule has 1 unspecified atom stereocenters. The van der Waals surface area contributed by atoms with Crippen molar-refractivity contribution in [2.45, 2.75) is 18.5 Å². The third kappa shape index (κ3) is 1.64. The minimum absolute atomic E-state index is 0.0394. The number of carbonyl (C=O) groups is 1. The number of benzene rings is 1. The summed E-state index contributed by atoms with van der Waals surface area (Å²) >= 11 is 0. The highest BCUT2D eigenvalue weighted by molar-refractivity contribution is 5.69. The number of hydrogen-bond acceptors (Lipinski definition) is 1. The molecule has 0 fully saturated rings. The van der Waals surface area contributed by atoms with Crippen molar-refractivity contribution >= 4 is 6.29 Å². The maximum absolute atomic E-state index is 12.6. The second-order valence-electron chi connectivity index (χ2n) is 3.18. The summed E-state index contributed by atoms with van der Waals surface area (Å²) in [7, 11) is 0. The summed E-state index contributed by atoms with van der Waals surface area (Å²) < 4.78 is 37.7. The van der Waals surface area contributed by atoms with E-state index in [4.69, 9.17) is 0 Å². The Labute approximate surface area is 79.5 Å². The first kappa shape index (κ1) is 10.8. The quantitative estimate of drug-likeness (QED) is 0.674. The lowest BCUT2D eigenvalue weighted by Crippen LogP contribution is -2.40. The van der Waals surface area contributed by atoms with E-state index in [1.807, 2.05) is 0 Å². The maximum Gasteiger partial charge on any atom is 0.404 e. The van der Waals surface area contributed by atoms with Crippen LogP contribution in [-0.2, 0) is 10.2 Å². The van der Waals surface area contributed by atoms with E-state index in [2.05, 4.69) is 0 Å². The number of hydrogen-bond donors (Lipinski definition) is 0. The van der Waals surface area contributed by atoms with Gasteiger partial charge in [-0.15, -0.1) is 0 Å².